The van der Waals surface area contributed by atoms with Crippen LogP contribution in [-0.4, -0.2) is 56.6 Å². The zero-order chi connectivity index (χ0) is 23.5. The fourth-order valence-corrected chi connectivity index (χ4v) is 3.91. The number of hydrogen-bond acceptors (Lipinski definition) is 8. The van der Waals surface area contributed by atoms with Crippen LogP contribution in [0.1, 0.15) is 11.5 Å². The predicted molar refractivity (Wildman–Crippen MR) is 122 cm³/mol. The maximum atomic E-state index is 11.7. The van der Waals surface area contributed by atoms with Gasteiger partial charge in [-0.3, -0.25) is 4.79 Å². The van der Waals surface area contributed by atoms with Gasteiger partial charge in [0.05, 0.1) is 29.7 Å². The molecule has 4 aromatic rings. The van der Waals surface area contributed by atoms with Crippen LogP contribution >= 0.6 is 0 Å². The highest BCUT2D eigenvalue weighted by Gasteiger charge is 2.21. The number of anilines is 1. The summed E-state index contributed by atoms with van der Waals surface area (Å²) in [5.74, 6) is 3.68. The van der Waals surface area contributed by atoms with E-state index in [9.17, 15) is 10.1 Å². The second-order valence-electron chi connectivity index (χ2n) is 7.60. The normalized spacial score (nSPS) is 13.5. The Hall–Kier alpha value is -4.83. The van der Waals surface area contributed by atoms with Gasteiger partial charge in [0.25, 0.3) is 5.91 Å². The van der Waals surface area contributed by atoms with Crippen molar-refractivity contribution in [1.29, 1.82) is 5.26 Å². The maximum Gasteiger partial charge on any atom is 0.298 e. The molecule has 0 N–H and O–H groups in total. The number of amides is 1. The van der Waals surface area contributed by atoms with Gasteiger partial charge in [0.1, 0.15) is 23.9 Å². The predicted octanol–water partition coefficient (Wildman–Crippen LogP) is 2.12. The Labute approximate surface area is 195 Å². The SMILES string of the molecule is C#CC(=O)N1CCN(c2ccc(-c3cc(OCc4ncco4)cn4ncc(C#N)c34)cn2)CC1. The molecule has 0 unspecified atom stereocenters. The van der Waals surface area contributed by atoms with E-state index in [1.165, 1.54) is 12.5 Å². The van der Waals surface area contributed by atoms with Crippen molar-refractivity contribution in [2.45, 2.75) is 6.61 Å². The first-order valence-corrected chi connectivity index (χ1v) is 10.6. The molecule has 1 aliphatic heterocycles. The molecule has 4 aromatic heterocycles. The number of terminal acetylenes is 1. The van der Waals surface area contributed by atoms with E-state index in [0.29, 0.717) is 48.9 Å². The van der Waals surface area contributed by atoms with Gasteiger partial charge in [-0.05, 0) is 24.1 Å². The number of nitrogens with zero attached hydrogens (tertiary/aromatic N) is 7. The zero-order valence-electron chi connectivity index (χ0n) is 18.1. The molecule has 1 saturated heterocycles. The van der Waals surface area contributed by atoms with Gasteiger partial charge >= 0.3 is 0 Å². The Balaban J connectivity index is 1.41. The minimum absolute atomic E-state index is 0.162. The zero-order valence-corrected chi connectivity index (χ0v) is 18.1. The number of nitriles is 1. The molecule has 0 aromatic carbocycles. The van der Waals surface area contributed by atoms with Gasteiger partial charge in [0.2, 0.25) is 5.89 Å². The Kier molecular flexibility index (Phi) is 5.55. The van der Waals surface area contributed by atoms with Crippen molar-refractivity contribution < 1.29 is 13.9 Å². The van der Waals surface area contributed by atoms with Crippen molar-refractivity contribution >= 4 is 17.2 Å². The van der Waals surface area contributed by atoms with Gasteiger partial charge < -0.3 is 19.0 Å². The molecule has 0 saturated carbocycles. The third-order valence-electron chi connectivity index (χ3n) is 5.63. The molecule has 0 atom stereocenters. The third-order valence-corrected chi connectivity index (χ3v) is 5.63. The van der Waals surface area contributed by atoms with E-state index >= 15 is 0 Å². The first kappa shape index (κ1) is 21.0. The average molecular weight is 453 g/mol. The summed E-state index contributed by atoms with van der Waals surface area (Å²) >= 11 is 0. The Morgan fingerprint density at radius 1 is 1.21 bits per heavy atom. The van der Waals surface area contributed by atoms with Gasteiger partial charge in [0.15, 0.2) is 6.61 Å². The van der Waals surface area contributed by atoms with Gasteiger partial charge in [-0.15, -0.1) is 6.42 Å². The van der Waals surface area contributed by atoms with E-state index in [4.69, 9.17) is 15.6 Å². The summed E-state index contributed by atoms with van der Waals surface area (Å²) in [5.41, 5.74) is 2.70. The lowest BCUT2D eigenvalue weighted by atomic mass is 10.1. The summed E-state index contributed by atoms with van der Waals surface area (Å²) in [4.78, 5) is 24.2. The number of pyridine rings is 2. The molecule has 5 rings (SSSR count). The number of piperazine rings is 1. The van der Waals surface area contributed by atoms with E-state index in [1.807, 2.05) is 18.2 Å². The lowest BCUT2D eigenvalue weighted by molar-refractivity contribution is -0.125. The summed E-state index contributed by atoms with van der Waals surface area (Å²) in [6.45, 7) is 2.57. The molecule has 5 heterocycles. The fraction of sp³-hybridized carbons (Fsp3) is 0.208. The molecule has 34 heavy (non-hydrogen) atoms. The molecule has 0 bridgehead atoms. The summed E-state index contributed by atoms with van der Waals surface area (Å²) in [6.07, 6.45) is 13.3. The van der Waals surface area contributed by atoms with Crippen molar-refractivity contribution in [2.24, 2.45) is 0 Å². The van der Waals surface area contributed by atoms with Crippen LogP contribution in [0.25, 0.3) is 16.6 Å². The van der Waals surface area contributed by atoms with Crippen molar-refractivity contribution in [2.75, 3.05) is 31.1 Å². The number of rotatable bonds is 5. The largest absolute Gasteiger partial charge is 0.482 e. The highest BCUT2D eigenvalue weighted by Crippen LogP contribution is 2.31. The highest BCUT2D eigenvalue weighted by molar-refractivity contribution is 5.93. The molecule has 1 fully saturated rings. The maximum absolute atomic E-state index is 11.7. The molecule has 1 amide bonds. The summed E-state index contributed by atoms with van der Waals surface area (Å²) in [6, 6.07) is 7.91. The van der Waals surface area contributed by atoms with Crippen LogP contribution in [0.15, 0.2) is 53.7 Å². The van der Waals surface area contributed by atoms with Gasteiger partial charge in [-0.1, -0.05) is 0 Å². The molecular weight excluding hydrogens is 434 g/mol. The first-order valence-electron chi connectivity index (χ1n) is 10.6. The molecule has 168 valence electrons. The molecule has 10 heteroatoms. The summed E-state index contributed by atoms with van der Waals surface area (Å²) in [5, 5.41) is 13.9. The lowest BCUT2D eigenvalue weighted by Gasteiger charge is -2.34. The summed E-state index contributed by atoms with van der Waals surface area (Å²) in [7, 11) is 0. The van der Waals surface area contributed by atoms with Crippen LogP contribution in [-0.2, 0) is 11.4 Å². The van der Waals surface area contributed by atoms with Crippen molar-refractivity contribution in [1.82, 2.24) is 24.5 Å². The van der Waals surface area contributed by atoms with E-state index in [1.54, 1.807) is 28.0 Å². The smallest absolute Gasteiger partial charge is 0.298 e. The number of carbonyl (C=O) groups excluding carboxylic acids is 1. The van der Waals surface area contributed by atoms with Crippen molar-refractivity contribution in [3.05, 3.63) is 60.7 Å². The van der Waals surface area contributed by atoms with E-state index in [-0.39, 0.29) is 12.5 Å². The van der Waals surface area contributed by atoms with Crippen LogP contribution in [0, 0.1) is 23.7 Å². The van der Waals surface area contributed by atoms with E-state index < -0.39 is 0 Å². The fourth-order valence-electron chi connectivity index (χ4n) is 3.91. The van der Waals surface area contributed by atoms with Gasteiger partial charge in [0, 0.05) is 43.5 Å². The molecule has 10 nitrogen and oxygen atoms in total. The monoisotopic (exact) mass is 453 g/mol. The number of carbonyl (C=O) groups is 1. The number of hydrogen-bond donors (Lipinski definition) is 0. The minimum Gasteiger partial charge on any atom is -0.482 e. The number of fused-ring (bicyclic) bond motifs is 1. The van der Waals surface area contributed by atoms with Crippen molar-refractivity contribution in [3.8, 4) is 35.3 Å². The number of oxazole rings is 1. The summed E-state index contributed by atoms with van der Waals surface area (Å²) < 4.78 is 12.7. The quantitative estimate of drug-likeness (QED) is 0.422. The molecular formula is C24H19N7O3. The lowest BCUT2D eigenvalue weighted by Crippen LogP contribution is -2.48. The highest BCUT2D eigenvalue weighted by atomic mass is 16.5. The number of ether oxygens (including phenoxy) is 1. The minimum atomic E-state index is -0.286. The first-order chi connectivity index (χ1) is 16.7. The number of aromatic nitrogens is 4. The van der Waals surface area contributed by atoms with Crippen LogP contribution in [0.4, 0.5) is 5.82 Å². The molecule has 0 spiro atoms. The molecule has 0 aliphatic carbocycles. The van der Waals surface area contributed by atoms with E-state index in [0.717, 1.165) is 16.9 Å². The standard InChI is InChI=1S/C24H19N7O3/c1-2-23(32)30-8-6-29(7-9-30)21-4-3-17(13-27-21)20-11-19(34-16-22-26-5-10-33-22)15-31-24(20)18(12-25)14-28-31/h1,3-5,10-11,13-15H,6-9,16H2. The van der Waals surface area contributed by atoms with Crippen molar-refractivity contribution in [3.63, 3.8) is 0 Å². The average Bonchev–Trinajstić information content (AvgIpc) is 3.56. The second-order valence-corrected chi connectivity index (χ2v) is 7.60. The topological polar surface area (TPSA) is 113 Å². The van der Waals surface area contributed by atoms with Gasteiger partial charge in [-0.25, -0.2) is 14.5 Å². The molecule has 1 aliphatic rings. The van der Waals surface area contributed by atoms with Crippen LogP contribution in [0.2, 0.25) is 0 Å². The van der Waals surface area contributed by atoms with Crippen LogP contribution < -0.4 is 9.64 Å². The Morgan fingerprint density at radius 2 is 2.06 bits per heavy atom. The van der Waals surface area contributed by atoms with Crippen LogP contribution in [0.3, 0.4) is 0 Å². The van der Waals surface area contributed by atoms with Crippen LogP contribution in [0.5, 0.6) is 5.75 Å². The molecule has 0 radical (unpaired) electrons. The Morgan fingerprint density at radius 3 is 2.74 bits per heavy atom. The van der Waals surface area contributed by atoms with E-state index in [2.05, 4.69) is 32.0 Å². The third kappa shape index (κ3) is 4.00. The Bertz CT molecular complexity index is 1400. The van der Waals surface area contributed by atoms with Gasteiger partial charge in [-0.2, -0.15) is 10.4 Å². The second kappa shape index (κ2) is 8.96.